The van der Waals surface area contributed by atoms with Gasteiger partial charge >= 0.3 is 12.4 Å². The molecule has 0 nitrogen and oxygen atoms in total. The molecule has 0 aliphatic rings. The first-order valence-electron chi connectivity index (χ1n) is 5.87. The second kappa shape index (κ2) is 5.42. The van der Waals surface area contributed by atoms with E-state index >= 15 is 0 Å². The van der Waals surface area contributed by atoms with E-state index in [1.807, 2.05) is 0 Å². The molecule has 0 saturated heterocycles. The van der Waals surface area contributed by atoms with Crippen LogP contribution >= 0.6 is 0 Å². The van der Waals surface area contributed by atoms with Crippen LogP contribution in [0, 0.1) is 6.42 Å². The Morgan fingerprint density at radius 1 is 0.571 bits per heavy atom. The van der Waals surface area contributed by atoms with E-state index in [1.165, 1.54) is 24.3 Å². The van der Waals surface area contributed by atoms with E-state index in [1.54, 1.807) is 0 Å². The van der Waals surface area contributed by atoms with Gasteiger partial charge in [-0.15, -0.1) is 0 Å². The molecule has 21 heavy (non-hydrogen) atoms. The number of rotatable bonds is 2. The van der Waals surface area contributed by atoms with Crippen molar-refractivity contribution < 1.29 is 26.3 Å². The Morgan fingerprint density at radius 3 is 1.24 bits per heavy atom. The third kappa shape index (κ3) is 3.56. The lowest BCUT2D eigenvalue weighted by molar-refractivity contribution is -0.138. The average molecular weight is 303 g/mol. The maximum Gasteiger partial charge on any atom is 0.416 e. The van der Waals surface area contributed by atoms with Gasteiger partial charge in [0.15, 0.2) is 0 Å². The van der Waals surface area contributed by atoms with E-state index in [0.29, 0.717) is 0 Å². The number of hydrogen-bond acceptors (Lipinski definition) is 0. The minimum Gasteiger partial charge on any atom is -0.166 e. The fourth-order valence-electron chi connectivity index (χ4n) is 1.93. The standard InChI is InChI=1S/C15H9F6/c16-14(17,18)12-7-3-1-5-10(12)9-11-6-2-4-8-13(11)15(19,20)21/h1-9H. The van der Waals surface area contributed by atoms with Gasteiger partial charge in [0.05, 0.1) is 11.1 Å². The van der Waals surface area contributed by atoms with Crippen LogP contribution in [0.15, 0.2) is 48.5 Å². The van der Waals surface area contributed by atoms with E-state index in [4.69, 9.17) is 0 Å². The van der Waals surface area contributed by atoms with Gasteiger partial charge in [-0.3, -0.25) is 0 Å². The molecule has 2 aromatic rings. The predicted molar refractivity (Wildman–Crippen MR) is 65.4 cm³/mol. The van der Waals surface area contributed by atoms with Crippen LogP contribution in [0.5, 0.6) is 0 Å². The van der Waals surface area contributed by atoms with E-state index in [2.05, 4.69) is 0 Å². The molecule has 0 aliphatic carbocycles. The van der Waals surface area contributed by atoms with Crippen molar-refractivity contribution in [3.05, 3.63) is 77.2 Å². The Morgan fingerprint density at radius 2 is 0.905 bits per heavy atom. The lowest BCUT2D eigenvalue weighted by Gasteiger charge is -2.15. The van der Waals surface area contributed by atoms with Crippen LogP contribution in [0.4, 0.5) is 26.3 Å². The summed E-state index contributed by atoms with van der Waals surface area (Å²) in [4.78, 5) is 0. The molecule has 2 rings (SSSR count). The summed E-state index contributed by atoms with van der Waals surface area (Å²) in [5.41, 5.74) is -2.55. The Labute approximate surface area is 117 Å². The minimum absolute atomic E-state index is 0.304. The van der Waals surface area contributed by atoms with Gasteiger partial charge in [-0.05, 0) is 23.3 Å². The molecule has 0 N–H and O–H groups in total. The lowest BCUT2D eigenvalue weighted by Crippen LogP contribution is -2.11. The first-order valence-corrected chi connectivity index (χ1v) is 5.87. The topological polar surface area (TPSA) is 0 Å². The first-order chi connectivity index (χ1) is 9.69. The highest BCUT2D eigenvalue weighted by atomic mass is 19.4. The Bertz CT molecular complexity index is 569. The summed E-state index contributed by atoms with van der Waals surface area (Å²) in [5, 5.41) is 0. The van der Waals surface area contributed by atoms with Crippen LogP contribution < -0.4 is 0 Å². The SMILES string of the molecule is FC(F)(F)c1ccccc1[CH]c1ccccc1C(F)(F)F. The van der Waals surface area contributed by atoms with Crippen molar-refractivity contribution in [2.45, 2.75) is 12.4 Å². The van der Waals surface area contributed by atoms with Gasteiger partial charge < -0.3 is 0 Å². The van der Waals surface area contributed by atoms with Crippen LogP contribution in [0.3, 0.4) is 0 Å². The van der Waals surface area contributed by atoms with Gasteiger partial charge in [0.25, 0.3) is 0 Å². The molecule has 0 saturated carbocycles. The molecule has 0 spiro atoms. The van der Waals surface area contributed by atoms with Crippen LogP contribution in [0.1, 0.15) is 22.3 Å². The summed E-state index contributed by atoms with van der Waals surface area (Å²) in [7, 11) is 0. The van der Waals surface area contributed by atoms with Crippen molar-refractivity contribution in [1.29, 1.82) is 0 Å². The van der Waals surface area contributed by atoms with Crippen LogP contribution in [0.25, 0.3) is 0 Å². The monoisotopic (exact) mass is 303 g/mol. The van der Waals surface area contributed by atoms with Gasteiger partial charge in [-0.25, -0.2) is 0 Å². The third-order valence-electron chi connectivity index (χ3n) is 2.84. The van der Waals surface area contributed by atoms with Crippen LogP contribution in [0.2, 0.25) is 0 Å². The van der Waals surface area contributed by atoms with Gasteiger partial charge in [0.2, 0.25) is 0 Å². The highest BCUT2D eigenvalue weighted by molar-refractivity contribution is 5.47. The van der Waals surface area contributed by atoms with Crippen molar-refractivity contribution in [2.75, 3.05) is 0 Å². The molecular formula is C15H9F6. The van der Waals surface area contributed by atoms with Crippen molar-refractivity contribution >= 4 is 0 Å². The zero-order valence-electron chi connectivity index (χ0n) is 10.5. The van der Waals surface area contributed by atoms with Gasteiger partial charge in [0.1, 0.15) is 0 Å². The Balaban J connectivity index is 2.45. The van der Waals surface area contributed by atoms with Crippen molar-refractivity contribution in [3.8, 4) is 0 Å². The number of hydrogen-bond donors (Lipinski definition) is 0. The van der Waals surface area contributed by atoms with E-state index in [0.717, 1.165) is 30.7 Å². The fraction of sp³-hybridized carbons (Fsp3) is 0.133. The largest absolute Gasteiger partial charge is 0.416 e. The van der Waals surface area contributed by atoms with Crippen molar-refractivity contribution in [2.24, 2.45) is 0 Å². The Kier molecular flexibility index (Phi) is 3.98. The smallest absolute Gasteiger partial charge is 0.166 e. The number of halogens is 6. The molecule has 0 aromatic heterocycles. The molecular weight excluding hydrogens is 294 g/mol. The van der Waals surface area contributed by atoms with E-state index < -0.39 is 23.5 Å². The Hall–Kier alpha value is -1.98. The van der Waals surface area contributed by atoms with Crippen LogP contribution in [-0.4, -0.2) is 0 Å². The molecule has 0 aliphatic heterocycles. The number of alkyl halides is 6. The average Bonchev–Trinajstić information content (AvgIpc) is 2.37. The lowest BCUT2D eigenvalue weighted by atomic mass is 9.96. The summed E-state index contributed by atoms with van der Waals surface area (Å²) in [5.74, 6) is 0. The van der Waals surface area contributed by atoms with E-state index in [9.17, 15) is 26.3 Å². The second-order valence-corrected chi connectivity index (χ2v) is 4.31. The highest BCUT2D eigenvalue weighted by Crippen LogP contribution is 2.37. The molecule has 0 fully saturated rings. The molecule has 2 aromatic carbocycles. The maximum absolute atomic E-state index is 12.8. The quantitative estimate of drug-likeness (QED) is 0.658. The molecule has 0 amide bonds. The van der Waals surface area contributed by atoms with Crippen molar-refractivity contribution in [1.82, 2.24) is 0 Å². The normalized spacial score (nSPS) is 12.5. The molecule has 0 unspecified atom stereocenters. The van der Waals surface area contributed by atoms with Gasteiger partial charge in [-0.1, -0.05) is 36.4 Å². The zero-order chi connectivity index (χ0) is 15.7. The molecule has 1 radical (unpaired) electrons. The fourth-order valence-corrected chi connectivity index (χ4v) is 1.93. The summed E-state index contributed by atoms with van der Waals surface area (Å²) < 4.78 is 77.1. The predicted octanol–water partition coefficient (Wildman–Crippen LogP) is 5.32. The summed E-state index contributed by atoms with van der Waals surface area (Å²) >= 11 is 0. The van der Waals surface area contributed by atoms with Crippen molar-refractivity contribution in [3.63, 3.8) is 0 Å². The zero-order valence-corrected chi connectivity index (χ0v) is 10.5. The molecule has 6 heteroatoms. The molecule has 111 valence electrons. The second-order valence-electron chi connectivity index (χ2n) is 4.31. The number of benzene rings is 2. The van der Waals surface area contributed by atoms with Gasteiger partial charge in [0, 0.05) is 6.42 Å². The summed E-state index contributed by atoms with van der Waals surface area (Å²) in [6.07, 6.45) is -8.35. The first kappa shape index (κ1) is 15.4. The van der Waals surface area contributed by atoms with E-state index in [-0.39, 0.29) is 11.1 Å². The van der Waals surface area contributed by atoms with Gasteiger partial charge in [-0.2, -0.15) is 26.3 Å². The minimum atomic E-state index is -4.62. The summed E-state index contributed by atoms with van der Waals surface area (Å²) in [6.45, 7) is 0. The highest BCUT2D eigenvalue weighted by Gasteiger charge is 2.35. The molecule has 0 atom stereocenters. The molecule has 0 heterocycles. The third-order valence-corrected chi connectivity index (χ3v) is 2.84. The van der Waals surface area contributed by atoms with Crippen LogP contribution in [-0.2, 0) is 12.4 Å². The maximum atomic E-state index is 12.8. The summed E-state index contributed by atoms with van der Waals surface area (Å²) in [6, 6.07) is 9.01. The molecule has 0 bridgehead atoms.